The van der Waals surface area contributed by atoms with Crippen molar-refractivity contribution in [2.45, 2.75) is 19.5 Å². The van der Waals surface area contributed by atoms with Crippen molar-refractivity contribution in [1.29, 1.82) is 0 Å². The normalized spacial score (nSPS) is 13.0. The summed E-state index contributed by atoms with van der Waals surface area (Å²) >= 11 is 1.31. The number of carbonyl (C=O) groups is 2. The average molecular weight is 397 g/mol. The van der Waals surface area contributed by atoms with Gasteiger partial charge in [-0.15, -0.1) is 11.3 Å². The SMILES string of the molecule is CC(CC(F)(F)F)C(=O)C(=O)Nc1c(O)cc2sc3ccccc3c2c1O. The number of thiophene rings is 1. The summed E-state index contributed by atoms with van der Waals surface area (Å²) in [7, 11) is 0. The molecular formula is C18H14F3NO4S. The number of alkyl halides is 3. The third-order valence-corrected chi connectivity index (χ3v) is 5.19. The van der Waals surface area contributed by atoms with E-state index in [1.54, 1.807) is 18.2 Å². The minimum Gasteiger partial charge on any atom is -0.506 e. The van der Waals surface area contributed by atoms with Crippen molar-refractivity contribution in [2.75, 3.05) is 5.32 Å². The Bertz CT molecular complexity index is 1060. The van der Waals surface area contributed by atoms with Gasteiger partial charge in [-0.25, -0.2) is 0 Å². The number of halogens is 3. The first-order valence-corrected chi connectivity index (χ1v) is 8.68. The van der Waals surface area contributed by atoms with E-state index >= 15 is 0 Å². The molecule has 0 radical (unpaired) electrons. The second-order valence-electron chi connectivity index (χ2n) is 6.13. The Morgan fingerprint density at radius 1 is 1.19 bits per heavy atom. The Morgan fingerprint density at radius 3 is 2.52 bits per heavy atom. The largest absolute Gasteiger partial charge is 0.506 e. The molecule has 27 heavy (non-hydrogen) atoms. The van der Waals surface area contributed by atoms with E-state index in [0.29, 0.717) is 15.5 Å². The van der Waals surface area contributed by atoms with Crippen molar-refractivity contribution >= 4 is 48.9 Å². The minimum absolute atomic E-state index is 0.375. The molecule has 2 aromatic carbocycles. The predicted octanol–water partition coefficient (Wildman–Crippen LogP) is 4.56. The quantitative estimate of drug-likeness (QED) is 0.445. The zero-order chi connectivity index (χ0) is 19.9. The van der Waals surface area contributed by atoms with E-state index in [2.05, 4.69) is 0 Å². The molecule has 0 bridgehead atoms. The van der Waals surface area contributed by atoms with Crippen LogP contribution in [0.15, 0.2) is 30.3 Å². The van der Waals surface area contributed by atoms with Crippen LogP contribution in [0.1, 0.15) is 13.3 Å². The van der Waals surface area contributed by atoms with Crippen LogP contribution >= 0.6 is 11.3 Å². The van der Waals surface area contributed by atoms with Gasteiger partial charge in [-0.3, -0.25) is 9.59 Å². The molecule has 1 atom stereocenters. The third kappa shape index (κ3) is 3.68. The molecule has 0 spiro atoms. The van der Waals surface area contributed by atoms with Gasteiger partial charge in [0.2, 0.25) is 5.78 Å². The molecule has 0 aliphatic heterocycles. The molecule has 1 heterocycles. The van der Waals surface area contributed by atoms with Crippen molar-refractivity contribution in [3.63, 3.8) is 0 Å². The zero-order valence-corrected chi connectivity index (χ0v) is 14.7. The highest BCUT2D eigenvalue weighted by Crippen LogP contribution is 2.46. The summed E-state index contributed by atoms with van der Waals surface area (Å²) in [6.45, 7) is 0.991. The van der Waals surface area contributed by atoms with Crippen molar-refractivity contribution in [3.8, 4) is 11.5 Å². The number of nitrogens with one attached hydrogen (secondary N) is 1. The number of Topliss-reactive ketones (excluding diaryl/α,β-unsaturated/α-hetero) is 1. The van der Waals surface area contributed by atoms with Crippen LogP contribution in [0.4, 0.5) is 18.9 Å². The van der Waals surface area contributed by atoms with Gasteiger partial charge < -0.3 is 15.5 Å². The molecule has 3 rings (SSSR count). The highest BCUT2D eigenvalue weighted by Gasteiger charge is 2.35. The number of phenols is 2. The highest BCUT2D eigenvalue weighted by atomic mass is 32.1. The Hall–Kier alpha value is -2.81. The van der Waals surface area contributed by atoms with Crippen LogP contribution in [-0.2, 0) is 9.59 Å². The van der Waals surface area contributed by atoms with Gasteiger partial charge in [0.1, 0.15) is 11.4 Å². The number of hydrogen-bond donors (Lipinski definition) is 3. The van der Waals surface area contributed by atoms with Crippen LogP contribution in [-0.4, -0.2) is 28.1 Å². The number of phenolic OH excluding ortho intramolecular Hbond substituents is 2. The van der Waals surface area contributed by atoms with Gasteiger partial charge in [0.05, 0.1) is 6.42 Å². The Labute approximate surface area is 155 Å². The maximum Gasteiger partial charge on any atom is 0.389 e. The molecule has 9 heteroatoms. The molecular weight excluding hydrogens is 383 g/mol. The fourth-order valence-corrected chi connectivity index (χ4v) is 3.96. The number of carbonyl (C=O) groups excluding carboxylic acids is 2. The van der Waals surface area contributed by atoms with Crippen LogP contribution < -0.4 is 5.32 Å². The highest BCUT2D eigenvalue weighted by molar-refractivity contribution is 7.25. The topological polar surface area (TPSA) is 86.6 Å². The summed E-state index contributed by atoms with van der Waals surface area (Å²) in [6.07, 6.45) is -6.03. The lowest BCUT2D eigenvalue weighted by atomic mass is 10.0. The number of hydrogen-bond acceptors (Lipinski definition) is 5. The molecule has 1 aromatic heterocycles. The van der Waals surface area contributed by atoms with E-state index in [1.165, 1.54) is 17.4 Å². The van der Waals surface area contributed by atoms with Crippen molar-refractivity contribution < 1.29 is 33.0 Å². The lowest BCUT2D eigenvalue weighted by molar-refractivity contribution is -0.154. The fourth-order valence-electron chi connectivity index (χ4n) is 2.81. The summed E-state index contributed by atoms with van der Waals surface area (Å²) in [5.41, 5.74) is -0.413. The van der Waals surface area contributed by atoms with E-state index < -0.39 is 47.4 Å². The molecule has 3 aromatic rings. The number of fused-ring (bicyclic) bond motifs is 3. The van der Waals surface area contributed by atoms with Gasteiger partial charge in [-0.2, -0.15) is 13.2 Å². The second-order valence-corrected chi connectivity index (χ2v) is 7.21. The molecule has 0 saturated carbocycles. The van der Waals surface area contributed by atoms with Crippen molar-refractivity contribution in [2.24, 2.45) is 5.92 Å². The Balaban J connectivity index is 1.96. The molecule has 0 aliphatic rings. The molecule has 3 N–H and O–H groups in total. The first-order valence-electron chi connectivity index (χ1n) is 7.86. The summed E-state index contributed by atoms with van der Waals surface area (Å²) in [5, 5.41) is 23.7. The fraction of sp³-hybridized carbons (Fsp3) is 0.222. The molecule has 0 saturated heterocycles. The van der Waals surface area contributed by atoms with Gasteiger partial charge in [-0.05, 0) is 6.07 Å². The van der Waals surface area contributed by atoms with E-state index in [0.717, 1.165) is 11.6 Å². The first-order chi connectivity index (χ1) is 12.6. The van der Waals surface area contributed by atoms with E-state index in [9.17, 15) is 33.0 Å². The van der Waals surface area contributed by atoms with Crippen LogP contribution in [0, 0.1) is 5.92 Å². The van der Waals surface area contributed by atoms with Crippen molar-refractivity contribution in [1.82, 2.24) is 0 Å². The number of benzene rings is 2. The number of anilines is 1. The lowest BCUT2D eigenvalue weighted by Crippen LogP contribution is -2.30. The number of amides is 1. The van der Waals surface area contributed by atoms with Crippen LogP contribution in [0.2, 0.25) is 0 Å². The van der Waals surface area contributed by atoms with Crippen molar-refractivity contribution in [3.05, 3.63) is 30.3 Å². The van der Waals surface area contributed by atoms with Gasteiger partial charge in [0.25, 0.3) is 5.91 Å². The van der Waals surface area contributed by atoms with E-state index in [1.807, 2.05) is 11.4 Å². The van der Waals surface area contributed by atoms with Gasteiger partial charge in [0.15, 0.2) is 5.75 Å². The Kier molecular flexibility index (Phi) is 4.73. The molecule has 0 aliphatic carbocycles. The molecule has 1 unspecified atom stereocenters. The molecule has 1 amide bonds. The molecule has 0 fully saturated rings. The smallest absolute Gasteiger partial charge is 0.389 e. The Morgan fingerprint density at radius 2 is 1.85 bits per heavy atom. The van der Waals surface area contributed by atoms with E-state index in [4.69, 9.17) is 0 Å². The maximum absolute atomic E-state index is 12.4. The first kappa shape index (κ1) is 19.0. The monoisotopic (exact) mass is 397 g/mol. The average Bonchev–Trinajstić information content (AvgIpc) is 2.94. The second kappa shape index (κ2) is 6.73. The predicted molar refractivity (Wildman–Crippen MR) is 96.1 cm³/mol. The third-order valence-electron chi connectivity index (χ3n) is 4.07. The van der Waals surface area contributed by atoms with Gasteiger partial charge in [0, 0.05) is 32.2 Å². The number of aromatic hydroxyl groups is 2. The lowest BCUT2D eigenvalue weighted by Gasteiger charge is -2.14. The summed E-state index contributed by atoms with van der Waals surface area (Å²) in [4.78, 5) is 23.9. The van der Waals surface area contributed by atoms with Crippen LogP contribution in [0.25, 0.3) is 20.2 Å². The summed E-state index contributed by atoms with van der Waals surface area (Å²) < 4.78 is 38.6. The summed E-state index contributed by atoms with van der Waals surface area (Å²) in [5.74, 6) is -5.15. The standard InChI is InChI=1S/C18H14F3NO4S/c1-8(7-18(19,20)21)15(24)17(26)22-14-10(23)6-12-13(16(14)25)9-4-2-3-5-11(9)27-12/h2-6,8,23,25H,7H2,1H3,(H,22,26). The number of rotatable bonds is 4. The van der Waals surface area contributed by atoms with Gasteiger partial charge in [-0.1, -0.05) is 25.1 Å². The summed E-state index contributed by atoms with van der Waals surface area (Å²) in [6, 6.07) is 8.43. The maximum atomic E-state index is 12.4. The molecule has 142 valence electrons. The zero-order valence-electron chi connectivity index (χ0n) is 13.9. The van der Waals surface area contributed by atoms with Crippen LogP contribution in [0.3, 0.4) is 0 Å². The molecule has 5 nitrogen and oxygen atoms in total. The van der Waals surface area contributed by atoms with Gasteiger partial charge >= 0.3 is 6.18 Å². The number of ketones is 1. The minimum atomic E-state index is -4.59. The van der Waals surface area contributed by atoms with Crippen LogP contribution in [0.5, 0.6) is 11.5 Å². The van der Waals surface area contributed by atoms with E-state index in [-0.39, 0.29) is 0 Å².